The number of carbonyl (C=O) groups excluding carboxylic acids is 1. The minimum absolute atomic E-state index is 0.314. The summed E-state index contributed by atoms with van der Waals surface area (Å²) in [6, 6.07) is 0.949. The highest BCUT2D eigenvalue weighted by Gasteiger charge is 2.34. The average molecular weight is 311 g/mol. The molecule has 5 heteroatoms. The third kappa shape index (κ3) is 5.43. The van der Waals surface area contributed by atoms with E-state index in [4.69, 9.17) is 4.74 Å². The molecular formula is C17H33N3O2. The summed E-state index contributed by atoms with van der Waals surface area (Å²) >= 11 is 0. The molecular weight excluding hydrogens is 278 g/mol. The lowest BCUT2D eigenvalue weighted by atomic mass is 9.93. The first-order valence-corrected chi connectivity index (χ1v) is 8.82. The number of piperidine rings is 1. The first-order chi connectivity index (χ1) is 10.4. The molecule has 0 aromatic heterocycles. The van der Waals surface area contributed by atoms with Gasteiger partial charge in [-0.05, 0) is 59.0 Å². The lowest BCUT2D eigenvalue weighted by Gasteiger charge is -2.34. The summed E-state index contributed by atoms with van der Waals surface area (Å²) in [5, 5.41) is 6.73. The number of hydrogen-bond donors (Lipinski definition) is 2. The Balaban J connectivity index is 1.78. The fourth-order valence-electron chi connectivity index (χ4n) is 3.59. The number of rotatable bonds is 6. The number of carbonyl (C=O) groups is 1. The van der Waals surface area contributed by atoms with Gasteiger partial charge in [-0.3, -0.25) is 0 Å². The molecule has 22 heavy (non-hydrogen) atoms. The zero-order valence-electron chi connectivity index (χ0n) is 14.7. The van der Waals surface area contributed by atoms with Crippen LogP contribution in [0, 0.1) is 5.92 Å². The van der Waals surface area contributed by atoms with Crippen LogP contribution in [0.25, 0.3) is 0 Å². The Morgan fingerprint density at radius 3 is 2.73 bits per heavy atom. The number of nitrogens with one attached hydrogen (secondary N) is 2. The zero-order chi connectivity index (χ0) is 16.2. The number of nitrogens with zero attached hydrogens (tertiary/aromatic N) is 1. The van der Waals surface area contributed by atoms with Gasteiger partial charge in [0.1, 0.15) is 5.60 Å². The van der Waals surface area contributed by atoms with Crippen LogP contribution in [0.2, 0.25) is 0 Å². The van der Waals surface area contributed by atoms with Crippen molar-refractivity contribution in [2.75, 3.05) is 26.2 Å². The van der Waals surface area contributed by atoms with Crippen molar-refractivity contribution < 1.29 is 9.53 Å². The van der Waals surface area contributed by atoms with Crippen molar-refractivity contribution in [3.63, 3.8) is 0 Å². The Morgan fingerprint density at radius 2 is 2.05 bits per heavy atom. The first-order valence-electron chi connectivity index (χ1n) is 8.82. The first kappa shape index (κ1) is 17.5. The van der Waals surface area contributed by atoms with Crippen LogP contribution in [-0.4, -0.2) is 54.9 Å². The molecule has 2 aliphatic heterocycles. The van der Waals surface area contributed by atoms with E-state index < -0.39 is 5.60 Å². The standard InChI is InChI=1S/C17H33N3O2/c1-5-6-14(11-18-16(21)22-17(2,3)4)19-15-8-10-20-9-7-13(15)12-20/h13-15,19H,5-12H2,1-4H3,(H,18,21). The topological polar surface area (TPSA) is 53.6 Å². The minimum Gasteiger partial charge on any atom is -0.444 e. The van der Waals surface area contributed by atoms with Gasteiger partial charge in [-0.15, -0.1) is 0 Å². The summed E-state index contributed by atoms with van der Waals surface area (Å²) in [7, 11) is 0. The van der Waals surface area contributed by atoms with E-state index in [1.54, 1.807) is 0 Å². The van der Waals surface area contributed by atoms with Crippen molar-refractivity contribution in [3.8, 4) is 0 Å². The van der Waals surface area contributed by atoms with Gasteiger partial charge in [0.05, 0.1) is 0 Å². The predicted octanol–water partition coefficient (Wildman–Crippen LogP) is 2.36. The SMILES string of the molecule is CCCC(CNC(=O)OC(C)(C)C)NC1CCN2CCC1C2. The summed E-state index contributed by atoms with van der Waals surface area (Å²) < 4.78 is 5.32. The molecule has 0 saturated carbocycles. The zero-order valence-corrected chi connectivity index (χ0v) is 14.7. The maximum absolute atomic E-state index is 11.8. The average Bonchev–Trinajstić information content (AvgIpc) is 2.80. The maximum atomic E-state index is 11.8. The monoisotopic (exact) mass is 311 g/mol. The number of hydrogen-bond acceptors (Lipinski definition) is 4. The third-order valence-electron chi connectivity index (χ3n) is 4.61. The van der Waals surface area contributed by atoms with Gasteiger partial charge in [-0.2, -0.15) is 0 Å². The highest BCUT2D eigenvalue weighted by molar-refractivity contribution is 5.67. The molecule has 2 aliphatic rings. The van der Waals surface area contributed by atoms with Crippen LogP contribution in [-0.2, 0) is 4.74 Å². The molecule has 0 radical (unpaired) electrons. The quantitative estimate of drug-likeness (QED) is 0.791. The lowest BCUT2D eigenvalue weighted by Crippen LogP contribution is -2.51. The van der Waals surface area contributed by atoms with E-state index in [-0.39, 0.29) is 6.09 Å². The fourth-order valence-corrected chi connectivity index (χ4v) is 3.59. The van der Waals surface area contributed by atoms with Gasteiger partial charge in [-0.25, -0.2) is 4.79 Å². The maximum Gasteiger partial charge on any atom is 0.407 e. The summed E-state index contributed by atoms with van der Waals surface area (Å²) in [4.78, 5) is 14.4. The summed E-state index contributed by atoms with van der Waals surface area (Å²) in [5.74, 6) is 0.787. The third-order valence-corrected chi connectivity index (χ3v) is 4.61. The van der Waals surface area contributed by atoms with Gasteiger partial charge in [-0.1, -0.05) is 13.3 Å². The predicted molar refractivity (Wildman–Crippen MR) is 89.0 cm³/mol. The second-order valence-corrected chi connectivity index (χ2v) is 7.78. The second kappa shape index (κ2) is 7.64. The summed E-state index contributed by atoms with van der Waals surface area (Å²) in [6.45, 7) is 12.2. The molecule has 5 nitrogen and oxygen atoms in total. The van der Waals surface area contributed by atoms with Gasteiger partial charge in [0.25, 0.3) is 0 Å². The molecule has 2 saturated heterocycles. The largest absolute Gasteiger partial charge is 0.444 e. The van der Waals surface area contributed by atoms with Crippen molar-refractivity contribution >= 4 is 6.09 Å². The van der Waals surface area contributed by atoms with Gasteiger partial charge in [0.2, 0.25) is 0 Å². The molecule has 4 unspecified atom stereocenters. The summed E-state index contributed by atoms with van der Waals surface area (Å²) in [6.07, 6.45) is 4.44. The minimum atomic E-state index is -0.436. The van der Waals surface area contributed by atoms with Crippen LogP contribution >= 0.6 is 0 Å². The van der Waals surface area contributed by atoms with E-state index >= 15 is 0 Å². The van der Waals surface area contributed by atoms with Crippen molar-refractivity contribution in [2.24, 2.45) is 5.92 Å². The highest BCUT2D eigenvalue weighted by atomic mass is 16.6. The number of fused-ring (bicyclic) bond motifs is 2. The molecule has 2 heterocycles. The van der Waals surface area contributed by atoms with E-state index in [1.807, 2.05) is 20.8 Å². The Hall–Kier alpha value is -0.810. The van der Waals surface area contributed by atoms with Gasteiger partial charge < -0.3 is 20.3 Å². The van der Waals surface area contributed by atoms with E-state index in [1.165, 1.54) is 32.5 Å². The van der Waals surface area contributed by atoms with Gasteiger partial charge in [0.15, 0.2) is 0 Å². The van der Waals surface area contributed by atoms with E-state index in [9.17, 15) is 4.79 Å². The Morgan fingerprint density at radius 1 is 1.32 bits per heavy atom. The molecule has 0 aromatic rings. The molecule has 2 rings (SSSR count). The number of amides is 1. The number of ether oxygens (including phenoxy) is 1. The van der Waals surface area contributed by atoms with E-state index in [0.717, 1.165) is 18.8 Å². The van der Waals surface area contributed by atoms with Crippen molar-refractivity contribution in [1.29, 1.82) is 0 Å². The fraction of sp³-hybridized carbons (Fsp3) is 0.941. The van der Waals surface area contributed by atoms with Crippen LogP contribution in [0.4, 0.5) is 4.79 Å². The van der Waals surface area contributed by atoms with Crippen LogP contribution in [0.3, 0.4) is 0 Å². The molecule has 0 spiro atoms. The molecule has 2 bridgehead atoms. The van der Waals surface area contributed by atoms with Crippen molar-refractivity contribution in [3.05, 3.63) is 0 Å². The highest BCUT2D eigenvalue weighted by Crippen LogP contribution is 2.27. The Labute approximate surface area is 135 Å². The smallest absolute Gasteiger partial charge is 0.407 e. The molecule has 2 N–H and O–H groups in total. The molecule has 4 atom stereocenters. The van der Waals surface area contributed by atoms with Crippen LogP contribution < -0.4 is 10.6 Å². The van der Waals surface area contributed by atoms with Gasteiger partial charge in [0, 0.05) is 25.2 Å². The van der Waals surface area contributed by atoms with Gasteiger partial charge >= 0.3 is 6.09 Å². The molecule has 1 amide bonds. The van der Waals surface area contributed by atoms with Crippen LogP contribution in [0.5, 0.6) is 0 Å². The normalized spacial score (nSPS) is 29.2. The molecule has 0 aliphatic carbocycles. The van der Waals surface area contributed by atoms with Crippen molar-refractivity contribution in [1.82, 2.24) is 15.5 Å². The lowest BCUT2D eigenvalue weighted by molar-refractivity contribution is 0.0519. The molecule has 128 valence electrons. The van der Waals surface area contributed by atoms with E-state index in [2.05, 4.69) is 22.5 Å². The van der Waals surface area contributed by atoms with Crippen LogP contribution in [0.15, 0.2) is 0 Å². The number of alkyl carbamates (subject to hydrolysis) is 1. The summed E-state index contributed by atoms with van der Waals surface area (Å²) in [5.41, 5.74) is -0.436. The second-order valence-electron chi connectivity index (χ2n) is 7.78. The van der Waals surface area contributed by atoms with Crippen molar-refractivity contribution in [2.45, 2.75) is 71.1 Å². The van der Waals surface area contributed by atoms with Crippen LogP contribution in [0.1, 0.15) is 53.4 Å². The molecule has 2 fully saturated rings. The Bertz CT molecular complexity index is 367. The van der Waals surface area contributed by atoms with E-state index in [0.29, 0.717) is 18.6 Å². The molecule has 0 aromatic carbocycles. The Kier molecular flexibility index (Phi) is 6.09.